The van der Waals surface area contributed by atoms with E-state index in [4.69, 9.17) is 11.6 Å². The number of likely N-dealkylation sites (N-methyl/N-ethyl adjacent to an activating group) is 1. The van der Waals surface area contributed by atoms with Gasteiger partial charge in [0.1, 0.15) is 5.82 Å². The number of rotatable bonds is 6. The molecule has 1 N–H and O–H groups in total. The zero-order valence-electron chi connectivity index (χ0n) is 11.7. The standard InChI is InChI=1S/C15H19ClFN3/c1-3-8-20-15(6-7-19-20)14(18-2)9-11-4-5-12(17)10-13(11)16/h4-7,10,14,18H,3,8-9H2,1-2H3. The summed E-state index contributed by atoms with van der Waals surface area (Å²) in [7, 11) is 1.91. The molecule has 1 atom stereocenters. The molecule has 0 amide bonds. The molecule has 1 aromatic heterocycles. The van der Waals surface area contributed by atoms with Crippen LogP contribution < -0.4 is 5.32 Å². The van der Waals surface area contributed by atoms with Crippen LogP contribution in [0.5, 0.6) is 0 Å². The Bertz CT molecular complexity index is 568. The first-order chi connectivity index (χ1) is 9.65. The summed E-state index contributed by atoms with van der Waals surface area (Å²) in [4.78, 5) is 0. The number of hydrogen-bond acceptors (Lipinski definition) is 2. The molecule has 0 fully saturated rings. The molecule has 1 heterocycles. The first-order valence-corrected chi connectivity index (χ1v) is 7.16. The van der Waals surface area contributed by atoms with Crippen LogP contribution in [-0.4, -0.2) is 16.8 Å². The molecule has 0 spiro atoms. The largest absolute Gasteiger partial charge is 0.311 e. The van der Waals surface area contributed by atoms with Crippen molar-refractivity contribution < 1.29 is 4.39 Å². The Kier molecular flexibility index (Phi) is 5.15. The summed E-state index contributed by atoms with van der Waals surface area (Å²) in [6.45, 7) is 3.01. The molecule has 5 heteroatoms. The number of aryl methyl sites for hydroxylation is 1. The smallest absolute Gasteiger partial charge is 0.124 e. The topological polar surface area (TPSA) is 29.9 Å². The maximum atomic E-state index is 13.1. The van der Waals surface area contributed by atoms with E-state index in [1.165, 1.54) is 12.1 Å². The molecule has 1 aromatic carbocycles. The van der Waals surface area contributed by atoms with E-state index >= 15 is 0 Å². The monoisotopic (exact) mass is 295 g/mol. The SMILES string of the molecule is CCCn1nccc1C(Cc1ccc(F)cc1Cl)NC. The lowest BCUT2D eigenvalue weighted by molar-refractivity contribution is 0.496. The fourth-order valence-corrected chi connectivity index (χ4v) is 2.54. The van der Waals surface area contributed by atoms with Crippen molar-refractivity contribution in [2.75, 3.05) is 7.05 Å². The van der Waals surface area contributed by atoms with Crippen molar-refractivity contribution in [1.29, 1.82) is 0 Å². The quantitative estimate of drug-likeness (QED) is 0.882. The average Bonchev–Trinajstić information content (AvgIpc) is 2.87. The van der Waals surface area contributed by atoms with Crippen LogP contribution in [0.15, 0.2) is 30.5 Å². The van der Waals surface area contributed by atoms with Gasteiger partial charge in [-0.15, -0.1) is 0 Å². The van der Waals surface area contributed by atoms with E-state index in [1.807, 2.05) is 24.0 Å². The molecule has 108 valence electrons. The molecular formula is C15H19ClFN3. The summed E-state index contributed by atoms with van der Waals surface area (Å²) in [5.41, 5.74) is 2.05. The van der Waals surface area contributed by atoms with Gasteiger partial charge in [0.15, 0.2) is 0 Å². The summed E-state index contributed by atoms with van der Waals surface area (Å²) in [6, 6.07) is 6.65. The third kappa shape index (κ3) is 3.38. The highest BCUT2D eigenvalue weighted by Gasteiger charge is 2.16. The Morgan fingerprint density at radius 1 is 1.40 bits per heavy atom. The molecular weight excluding hydrogens is 277 g/mol. The molecule has 2 aromatic rings. The minimum Gasteiger partial charge on any atom is -0.311 e. The van der Waals surface area contributed by atoms with Gasteiger partial charge in [-0.2, -0.15) is 5.10 Å². The molecule has 0 aliphatic heterocycles. The van der Waals surface area contributed by atoms with Gasteiger partial charge in [0.2, 0.25) is 0 Å². The molecule has 2 rings (SSSR count). The highest BCUT2D eigenvalue weighted by molar-refractivity contribution is 6.31. The molecule has 1 unspecified atom stereocenters. The molecule has 0 bridgehead atoms. The van der Waals surface area contributed by atoms with Gasteiger partial charge in [0, 0.05) is 17.8 Å². The fraction of sp³-hybridized carbons (Fsp3) is 0.400. The van der Waals surface area contributed by atoms with Crippen LogP contribution in [-0.2, 0) is 13.0 Å². The minimum absolute atomic E-state index is 0.104. The van der Waals surface area contributed by atoms with E-state index in [1.54, 1.807) is 6.07 Å². The molecule has 0 radical (unpaired) electrons. The van der Waals surface area contributed by atoms with Gasteiger partial charge in [-0.3, -0.25) is 4.68 Å². The molecule has 0 saturated heterocycles. The first kappa shape index (κ1) is 15.0. The third-order valence-electron chi connectivity index (χ3n) is 3.33. The molecule has 3 nitrogen and oxygen atoms in total. The van der Waals surface area contributed by atoms with Crippen molar-refractivity contribution in [1.82, 2.24) is 15.1 Å². The second kappa shape index (κ2) is 6.86. The van der Waals surface area contributed by atoms with Gasteiger partial charge in [0.25, 0.3) is 0 Å². The Balaban J connectivity index is 2.22. The maximum absolute atomic E-state index is 13.1. The Hall–Kier alpha value is -1.39. The zero-order chi connectivity index (χ0) is 14.5. The van der Waals surface area contributed by atoms with E-state index < -0.39 is 0 Å². The van der Waals surface area contributed by atoms with Gasteiger partial charge in [-0.1, -0.05) is 24.6 Å². The van der Waals surface area contributed by atoms with Crippen molar-refractivity contribution in [3.63, 3.8) is 0 Å². The van der Waals surface area contributed by atoms with Crippen molar-refractivity contribution in [2.24, 2.45) is 0 Å². The third-order valence-corrected chi connectivity index (χ3v) is 3.68. The average molecular weight is 296 g/mol. The lowest BCUT2D eigenvalue weighted by Gasteiger charge is -2.18. The number of nitrogens with one attached hydrogen (secondary N) is 1. The van der Waals surface area contributed by atoms with Gasteiger partial charge in [-0.05, 0) is 43.7 Å². The van der Waals surface area contributed by atoms with Crippen molar-refractivity contribution >= 4 is 11.6 Å². The van der Waals surface area contributed by atoms with Crippen molar-refractivity contribution in [2.45, 2.75) is 32.4 Å². The summed E-state index contributed by atoms with van der Waals surface area (Å²) in [5.74, 6) is -0.309. The van der Waals surface area contributed by atoms with E-state index in [-0.39, 0.29) is 11.9 Å². The number of benzene rings is 1. The molecule has 20 heavy (non-hydrogen) atoms. The predicted octanol–water partition coefficient (Wildman–Crippen LogP) is 3.59. The number of nitrogens with zero attached hydrogens (tertiary/aromatic N) is 2. The van der Waals surface area contributed by atoms with Crippen molar-refractivity contribution in [3.05, 3.63) is 52.6 Å². The van der Waals surface area contributed by atoms with Crippen molar-refractivity contribution in [3.8, 4) is 0 Å². The maximum Gasteiger partial charge on any atom is 0.124 e. The number of halogens is 2. The van der Waals surface area contributed by atoms with E-state index in [0.29, 0.717) is 11.4 Å². The summed E-state index contributed by atoms with van der Waals surface area (Å²) in [6.07, 6.45) is 3.54. The van der Waals surface area contributed by atoms with Gasteiger partial charge in [-0.25, -0.2) is 4.39 Å². The molecule has 0 aliphatic carbocycles. The highest BCUT2D eigenvalue weighted by Crippen LogP contribution is 2.24. The Labute approximate surface area is 123 Å². The Morgan fingerprint density at radius 3 is 2.85 bits per heavy atom. The zero-order valence-corrected chi connectivity index (χ0v) is 12.5. The number of hydrogen-bond donors (Lipinski definition) is 1. The van der Waals surface area contributed by atoms with E-state index in [2.05, 4.69) is 17.3 Å². The normalized spacial score (nSPS) is 12.6. The first-order valence-electron chi connectivity index (χ1n) is 6.78. The lowest BCUT2D eigenvalue weighted by Crippen LogP contribution is -2.22. The van der Waals surface area contributed by atoms with Crippen LogP contribution in [0.1, 0.15) is 30.6 Å². The second-order valence-corrected chi connectivity index (χ2v) is 5.17. The summed E-state index contributed by atoms with van der Waals surface area (Å²) in [5, 5.41) is 8.08. The van der Waals surface area contributed by atoms with Crippen LogP contribution >= 0.6 is 11.6 Å². The van der Waals surface area contributed by atoms with Crippen LogP contribution in [0.3, 0.4) is 0 Å². The molecule has 0 aliphatic rings. The van der Waals surface area contributed by atoms with Gasteiger partial charge >= 0.3 is 0 Å². The Morgan fingerprint density at radius 2 is 2.20 bits per heavy atom. The van der Waals surface area contributed by atoms with Crippen LogP contribution in [0.4, 0.5) is 4.39 Å². The minimum atomic E-state index is -0.309. The number of aromatic nitrogens is 2. The van der Waals surface area contributed by atoms with E-state index in [9.17, 15) is 4.39 Å². The van der Waals surface area contributed by atoms with Crippen LogP contribution in [0, 0.1) is 5.82 Å². The predicted molar refractivity (Wildman–Crippen MR) is 79.4 cm³/mol. The highest BCUT2D eigenvalue weighted by atomic mass is 35.5. The van der Waals surface area contributed by atoms with Crippen LogP contribution in [0.25, 0.3) is 0 Å². The lowest BCUT2D eigenvalue weighted by atomic mass is 10.0. The fourth-order valence-electron chi connectivity index (χ4n) is 2.30. The summed E-state index contributed by atoms with van der Waals surface area (Å²) < 4.78 is 15.1. The molecule has 0 saturated carbocycles. The van der Waals surface area contributed by atoms with E-state index in [0.717, 1.165) is 24.2 Å². The summed E-state index contributed by atoms with van der Waals surface area (Å²) >= 11 is 6.10. The van der Waals surface area contributed by atoms with Crippen LogP contribution in [0.2, 0.25) is 5.02 Å². The van der Waals surface area contributed by atoms with Gasteiger partial charge in [0.05, 0.1) is 11.7 Å². The second-order valence-electron chi connectivity index (χ2n) is 4.76. The van der Waals surface area contributed by atoms with Gasteiger partial charge < -0.3 is 5.32 Å².